The van der Waals surface area contributed by atoms with Gasteiger partial charge >= 0.3 is 0 Å². The number of ketones is 1. The number of nitrogens with zero attached hydrogens (tertiary/aromatic N) is 1. The number of hydrogen-bond donors (Lipinski definition) is 0. The van der Waals surface area contributed by atoms with Crippen molar-refractivity contribution >= 4 is 23.0 Å². The quantitative estimate of drug-likeness (QED) is 0.852. The summed E-state index contributed by atoms with van der Waals surface area (Å²) < 4.78 is 0. The monoisotopic (exact) mass is 277 g/mol. The molecule has 2 aliphatic rings. The van der Waals surface area contributed by atoms with E-state index in [1.165, 1.54) is 0 Å². The molecule has 1 saturated carbocycles. The van der Waals surface area contributed by atoms with Crippen LogP contribution in [0.5, 0.6) is 0 Å². The van der Waals surface area contributed by atoms with Crippen LogP contribution in [0.4, 0.5) is 0 Å². The second-order valence-electron chi connectivity index (χ2n) is 5.57. The summed E-state index contributed by atoms with van der Waals surface area (Å²) in [5, 5.41) is 4.04. The Morgan fingerprint density at radius 3 is 2.95 bits per heavy atom. The lowest BCUT2D eigenvalue weighted by atomic mass is 9.95. The third kappa shape index (κ3) is 2.59. The Hall–Kier alpha value is -1.16. The summed E-state index contributed by atoms with van der Waals surface area (Å²) in [5.41, 5.74) is 1.10. The minimum Gasteiger partial charge on any atom is -0.339 e. The van der Waals surface area contributed by atoms with Crippen molar-refractivity contribution in [2.45, 2.75) is 44.6 Å². The molecule has 2 atom stereocenters. The van der Waals surface area contributed by atoms with E-state index in [4.69, 9.17) is 0 Å². The second-order valence-corrected chi connectivity index (χ2v) is 6.35. The molecule has 1 aliphatic heterocycles. The molecule has 2 unspecified atom stereocenters. The largest absolute Gasteiger partial charge is 0.339 e. The van der Waals surface area contributed by atoms with Crippen molar-refractivity contribution in [1.29, 1.82) is 0 Å². The minimum absolute atomic E-state index is 0.119. The van der Waals surface area contributed by atoms with Crippen LogP contribution in [0.15, 0.2) is 16.8 Å². The molecule has 3 rings (SSSR count). The van der Waals surface area contributed by atoms with Gasteiger partial charge in [0, 0.05) is 24.9 Å². The highest BCUT2D eigenvalue weighted by atomic mass is 32.1. The third-order valence-electron chi connectivity index (χ3n) is 4.37. The van der Waals surface area contributed by atoms with Gasteiger partial charge in [0.25, 0.3) is 0 Å². The highest BCUT2D eigenvalue weighted by Crippen LogP contribution is 2.33. The van der Waals surface area contributed by atoms with Gasteiger partial charge < -0.3 is 4.90 Å². The summed E-state index contributed by atoms with van der Waals surface area (Å²) >= 11 is 1.63. The zero-order valence-electron chi connectivity index (χ0n) is 11.0. The Morgan fingerprint density at radius 1 is 1.37 bits per heavy atom. The van der Waals surface area contributed by atoms with Crippen molar-refractivity contribution in [2.24, 2.45) is 5.92 Å². The highest BCUT2D eigenvalue weighted by Gasteiger charge is 2.39. The van der Waals surface area contributed by atoms with Crippen LogP contribution in [0.2, 0.25) is 0 Å². The summed E-state index contributed by atoms with van der Waals surface area (Å²) in [7, 11) is 0. The molecule has 102 valence electrons. The lowest BCUT2D eigenvalue weighted by Gasteiger charge is -2.28. The average Bonchev–Trinajstić information content (AvgIpc) is 3.07. The van der Waals surface area contributed by atoms with Gasteiger partial charge in [0.2, 0.25) is 5.91 Å². The lowest BCUT2D eigenvalue weighted by molar-refractivity contribution is -0.133. The predicted molar refractivity (Wildman–Crippen MR) is 75.1 cm³/mol. The van der Waals surface area contributed by atoms with Crippen LogP contribution in [0.1, 0.15) is 37.7 Å². The molecule has 0 N–H and O–H groups in total. The molecule has 1 aromatic heterocycles. The van der Waals surface area contributed by atoms with E-state index in [1.807, 2.05) is 21.7 Å². The first-order chi connectivity index (χ1) is 9.25. The fraction of sp³-hybridized carbons (Fsp3) is 0.600. The molecule has 1 saturated heterocycles. The number of thiophene rings is 1. The molecule has 2 heterocycles. The van der Waals surface area contributed by atoms with E-state index < -0.39 is 0 Å². The maximum Gasteiger partial charge on any atom is 0.227 e. The second kappa shape index (κ2) is 5.45. The number of likely N-dealkylation sites (tertiary alicyclic amines) is 1. The van der Waals surface area contributed by atoms with Crippen molar-refractivity contribution in [1.82, 2.24) is 4.90 Å². The van der Waals surface area contributed by atoms with E-state index in [0.717, 1.165) is 37.8 Å². The maximum absolute atomic E-state index is 12.4. The SMILES string of the molecule is O=C1CCCC1C1CCCN1C(=O)Cc1ccsc1. The van der Waals surface area contributed by atoms with Crippen molar-refractivity contribution in [3.05, 3.63) is 22.4 Å². The standard InChI is InChI=1S/C15H19NO2S/c17-14-5-1-3-12(14)13-4-2-7-16(13)15(18)9-11-6-8-19-10-11/h6,8,10,12-13H,1-5,7,9H2. The van der Waals surface area contributed by atoms with Gasteiger partial charge in [0.05, 0.1) is 6.42 Å². The van der Waals surface area contributed by atoms with Crippen LogP contribution in [0.25, 0.3) is 0 Å². The van der Waals surface area contributed by atoms with E-state index in [2.05, 4.69) is 0 Å². The highest BCUT2D eigenvalue weighted by molar-refractivity contribution is 7.07. The van der Waals surface area contributed by atoms with Crippen LogP contribution in [-0.4, -0.2) is 29.2 Å². The summed E-state index contributed by atoms with van der Waals surface area (Å²) in [6, 6.07) is 2.19. The third-order valence-corrected chi connectivity index (χ3v) is 5.10. The molecular formula is C15H19NO2S. The Labute approximate surface area is 117 Å². The van der Waals surface area contributed by atoms with E-state index in [0.29, 0.717) is 18.6 Å². The minimum atomic E-state index is 0.119. The van der Waals surface area contributed by atoms with Crippen molar-refractivity contribution in [3.63, 3.8) is 0 Å². The zero-order valence-corrected chi connectivity index (χ0v) is 11.8. The molecule has 19 heavy (non-hydrogen) atoms. The van der Waals surface area contributed by atoms with Gasteiger partial charge in [-0.1, -0.05) is 0 Å². The Bertz CT molecular complexity index is 468. The number of Topliss-reactive ketones (excluding diaryl/α,β-unsaturated/α-hetero) is 1. The van der Waals surface area contributed by atoms with Gasteiger partial charge in [-0.15, -0.1) is 0 Å². The molecule has 4 heteroatoms. The van der Waals surface area contributed by atoms with Gasteiger partial charge in [0.1, 0.15) is 5.78 Å². The lowest BCUT2D eigenvalue weighted by Crippen LogP contribution is -2.42. The van der Waals surface area contributed by atoms with Gasteiger partial charge in [0.15, 0.2) is 0 Å². The fourth-order valence-corrected chi connectivity index (χ4v) is 4.11. The summed E-state index contributed by atoms with van der Waals surface area (Å²) in [6.07, 6.45) is 5.24. The summed E-state index contributed by atoms with van der Waals surface area (Å²) in [4.78, 5) is 26.3. The molecule has 1 amide bonds. The molecule has 0 radical (unpaired) electrons. The Balaban J connectivity index is 1.68. The first-order valence-electron chi connectivity index (χ1n) is 7.09. The smallest absolute Gasteiger partial charge is 0.227 e. The predicted octanol–water partition coefficient (Wildman–Crippen LogP) is 2.65. The Morgan fingerprint density at radius 2 is 2.26 bits per heavy atom. The molecule has 2 fully saturated rings. The van der Waals surface area contributed by atoms with E-state index in [9.17, 15) is 9.59 Å². The van der Waals surface area contributed by atoms with Crippen molar-refractivity contribution in [2.75, 3.05) is 6.54 Å². The summed E-state index contributed by atoms with van der Waals surface area (Å²) in [5.74, 6) is 0.690. The number of amides is 1. The van der Waals surface area contributed by atoms with Gasteiger partial charge in [-0.3, -0.25) is 9.59 Å². The molecule has 1 aromatic rings. The number of hydrogen-bond acceptors (Lipinski definition) is 3. The fourth-order valence-electron chi connectivity index (χ4n) is 3.44. The number of carbonyl (C=O) groups excluding carboxylic acids is 2. The van der Waals surface area contributed by atoms with Gasteiger partial charge in [-0.2, -0.15) is 11.3 Å². The van der Waals surface area contributed by atoms with Crippen molar-refractivity contribution in [3.8, 4) is 0 Å². The number of rotatable bonds is 3. The molecule has 0 bridgehead atoms. The molecule has 3 nitrogen and oxygen atoms in total. The average molecular weight is 277 g/mol. The summed E-state index contributed by atoms with van der Waals surface area (Å²) in [6.45, 7) is 0.831. The van der Waals surface area contributed by atoms with Crippen LogP contribution in [0.3, 0.4) is 0 Å². The number of carbonyl (C=O) groups is 2. The first-order valence-corrected chi connectivity index (χ1v) is 8.03. The molecular weight excluding hydrogens is 258 g/mol. The van der Waals surface area contributed by atoms with Crippen LogP contribution in [0, 0.1) is 5.92 Å². The van der Waals surface area contributed by atoms with E-state index >= 15 is 0 Å². The van der Waals surface area contributed by atoms with E-state index in [-0.39, 0.29) is 17.9 Å². The molecule has 0 spiro atoms. The first kappa shape index (κ1) is 12.9. The van der Waals surface area contributed by atoms with Gasteiger partial charge in [-0.05, 0) is 48.1 Å². The van der Waals surface area contributed by atoms with Crippen LogP contribution in [-0.2, 0) is 16.0 Å². The maximum atomic E-state index is 12.4. The van der Waals surface area contributed by atoms with E-state index in [1.54, 1.807) is 11.3 Å². The van der Waals surface area contributed by atoms with Crippen LogP contribution >= 0.6 is 11.3 Å². The zero-order chi connectivity index (χ0) is 13.2. The normalized spacial score (nSPS) is 27.2. The topological polar surface area (TPSA) is 37.4 Å². The van der Waals surface area contributed by atoms with Crippen molar-refractivity contribution < 1.29 is 9.59 Å². The Kier molecular flexibility index (Phi) is 3.69. The molecule has 0 aromatic carbocycles. The van der Waals surface area contributed by atoms with Crippen LogP contribution < -0.4 is 0 Å². The molecule has 1 aliphatic carbocycles. The van der Waals surface area contributed by atoms with Gasteiger partial charge in [-0.25, -0.2) is 0 Å².